The van der Waals surface area contributed by atoms with Gasteiger partial charge >= 0.3 is 0 Å². The van der Waals surface area contributed by atoms with E-state index in [9.17, 15) is 10.2 Å². The second-order valence-corrected chi connectivity index (χ2v) is 5.85. The molecule has 2 unspecified atom stereocenters. The SMILES string of the molecule is OC1C=CC=CC1(O)c1c(Cl)c(Cl)c(Cl)c(Cl)c1Cl. The van der Waals surface area contributed by atoms with Gasteiger partial charge in [-0.15, -0.1) is 0 Å². The predicted molar refractivity (Wildman–Crippen MR) is 79.7 cm³/mol. The first-order chi connectivity index (χ1) is 8.80. The third kappa shape index (κ3) is 2.40. The molecule has 0 aromatic heterocycles. The van der Waals surface area contributed by atoms with E-state index in [1.165, 1.54) is 12.2 Å². The lowest BCUT2D eigenvalue weighted by Crippen LogP contribution is -2.38. The van der Waals surface area contributed by atoms with Gasteiger partial charge in [0.05, 0.1) is 25.1 Å². The molecule has 0 aliphatic heterocycles. The molecule has 0 amide bonds. The Labute approximate surface area is 134 Å². The van der Waals surface area contributed by atoms with E-state index in [0.717, 1.165) is 0 Å². The number of benzene rings is 1. The van der Waals surface area contributed by atoms with E-state index in [-0.39, 0.29) is 30.7 Å². The molecular weight excluding hydrogens is 353 g/mol. The number of hydrogen-bond acceptors (Lipinski definition) is 2. The average molecular weight is 360 g/mol. The van der Waals surface area contributed by atoms with Gasteiger partial charge in [-0.2, -0.15) is 0 Å². The Morgan fingerprint density at radius 3 is 1.79 bits per heavy atom. The van der Waals surface area contributed by atoms with E-state index >= 15 is 0 Å². The smallest absolute Gasteiger partial charge is 0.140 e. The summed E-state index contributed by atoms with van der Waals surface area (Å²) >= 11 is 29.9. The highest BCUT2D eigenvalue weighted by Gasteiger charge is 2.40. The van der Waals surface area contributed by atoms with Crippen molar-refractivity contribution in [3.05, 3.63) is 55.0 Å². The molecule has 0 fully saturated rings. The summed E-state index contributed by atoms with van der Waals surface area (Å²) in [5.74, 6) is 0. The van der Waals surface area contributed by atoms with Gasteiger partial charge < -0.3 is 10.2 Å². The quantitative estimate of drug-likeness (QED) is 0.566. The Bertz CT molecular complexity index is 567. The van der Waals surface area contributed by atoms with E-state index in [0.29, 0.717) is 0 Å². The Morgan fingerprint density at radius 1 is 0.842 bits per heavy atom. The van der Waals surface area contributed by atoms with E-state index in [2.05, 4.69) is 0 Å². The van der Waals surface area contributed by atoms with Gasteiger partial charge in [0.15, 0.2) is 0 Å². The molecule has 0 bridgehead atoms. The van der Waals surface area contributed by atoms with Crippen molar-refractivity contribution in [1.82, 2.24) is 0 Å². The fourth-order valence-electron chi connectivity index (χ4n) is 1.80. The number of allylic oxidation sites excluding steroid dienone is 2. The molecular formula is C12H7Cl5O2. The number of rotatable bonds is 1. The second-order valence-electron chi connectivity index (χ2n) is 3.96. The van der Waals surface area contributed by atoms with Gasteiger partial charge in [-0.25, -0.2) is 0 Å². The molecule has 19 heavy (non-hydrogen) atoms. The van der Waals surface area contributed by atoms with Crippen LogP contribution in [0.4, 0.5) is 0 Å². The first-order valence-electron chi connectivity index (χ1n) is 5.09. The molecule has 0 heterocycles. The fourth-order valence-corrected chi connectivity index (χ4v) is 3.25. The normalized spacial score (nSPS) is 25.9. The number of aliphatic hydroxyl groups excluding tert-OH is 1. The molecule has 2 N–H and O–H groups in total. The van der Waals surface area contributed by atoms with E-state index < -0.39 is 11.7 Å². The van der Waals surface area contributed by atoms with Crippen LogP contribution in [-0.4, -0.2) is 16.3 Å². The van der Waals surface area contributed by atoms with Crippen LogP contribution in [0.15, 0.2) is 24.3 Å². The van der Waals surface area contributed by atoms with Crippen molar-refractivity contribution >= 4 is 58.0 Å². The van der Waals surface area contributed by atoms with Gasteiger partial charge in [-0.1, -0.05) is 76.2 Å². The second kappa shape index (κ2) is 5.45. The highest BCUT2D eigenvalue weighted by atomic mass is 35.5. The Balaban J connectivity index is 2.77. The van der Waals surface area contributed by atoms with E-state index in [1.807, 2.05) is 0 Å². The predicted octanol–water partition coefficient (Wildman–Crippen LogP) is 4.63. The Hall–Kier alpha value is 0.0700. The van der Waals surface area contributed by atoms with Gasteiger partial charge in [0.25, 0.3) is 0 Å². The average Bonchev–Trinajstić information content (AvgIpc) is 2.38. The summed E-state index contributed by atoms with van der Waals surface area (Å²) in [5.41, 5.74) is -1.80. The zero-order valence-electron chi connectivity index (χ0n) is 9.17. The molecule has 0 saturated heterocycles. The van der Waals surface area contributed by atoms with E-state index in [1.54, 1.807) is 12.2 Å². The van der Waals surface area contributed by atoms with Gasteiger partial charge in [0.2, 0.25) is 0 Å². The summed E-state index contributed by atoms with van der Waals surface area (Å²) in [6.45, 7) is 0. The fraction of sp³-hybridized carbons (Fsp3) is 0.167. The molecule has 1 aromatic carbocycles. The summed E-state index contributed by atoms with van der Waals surface area (Å²) in [6, 6.07) is 0. The van der Waals surface area contributed by atoms with Crippen molar-refractivity contribution in [3.63, 3.8) is 0 Å². The van der Waals surface area contributed by atoms with Crippen LogP contribution in [-0.2, 0) is 5.60 Å². The van der Waals surface area contributed by atoms with Crippen LogP contribution in [0.1, 0.15) is 5.56 Å². The molecule has 2 rings (SSSR count). The molecule has 1 aliphatic rings. The lowest BCUT2D eigenvalue weighted by atomic mass is 9.85. The largest absolute Gasteiger partial charge is 0.385 e. The van der Waals surface area contributed by atoms with Crippen LogP contribution in [0.3, 0.4) is 0 Å². The molecule has 7 heteroatoms. The zero-order chi connectivity index (χ0) is 14.4. The van der Waals surface area contributed by atoms with Gasteiger partial charge in [0, 0.05) is 5.56 Å². The topological polar surface area (TPSA) is 40.5 Å². The highest BCUT2D eigenvalue weighted by molar-refractivity contribution is 6.55. The maximum Gasteiger partial charge on any atom is 0.140 e. The van der Waals surface area contributed by atoms with Crippen molar-refractivity contribution in [3.8, 4) is 0 Å². The first-order valence-corrected chi connectivity index (χ1v) is 6.98. The van der Waals surface area contributed by atoms with Crippen LogP contribution in [0.25, 0.3) is 0 Å². The number of hydrogen-bond donors (Lipinski definition) is 2. The number of aliphatic hydroxyl groups is 2. The number of halogens is 5. The summed E-state index contributed by atoms with van der Waals surface area (Å²) in [4.78, 5) is 0. The van der Waals surface area contributed by atoms with Crippen molar-refractivity contribution < 1.29 is 10.2 Å². The molecule has 2 nitrogen and oxygen atoms in total. The molecule has 2 atom stereocenters. The Kier molecular flexibility index (Phi) is 4.44. The first kappa shape index (κ1) is 15.5. The lowest BCUT2D eigenvalue weighted by Gasteiger charge is -2.32. The van der Waals surface area contributed by atoms with E-state index in [4.69, 9.17) is 58.0 Å². The van der Waals surface area contributed by atoms with Crippen LogP contribution in [0.5, 0.6) is 0 Å². The molecule has 102 valence electrons. The van der Waals surface area contributed by atoms with Crippen molar-refractivity contribution in [1.29, 1.82) is 0 Å². The highest BCUT2D eigenvalue weighted by Crippen LogP contribution is 2.49. The van der Waals surface area contributed by atoms with Crippen molar-refractivity contribution in [2.75, 3.05) is 0 Å². The van der Waals surface area contributed by atoms with Crippen LogP contribution in [0, 0.1) is 0 Å². The van der Waals surface area contributed by atoms with Crippen LogP contribution in [0.2, 0.25) is 25.1 Å². The van der Waals surface area contributed by atoms with Crippen LogP contribution >= 0.6 is 58.0 Å². The summed E-state index contributed by atoms with van der Waals surface area (Å²) in [6.07, 6.45) is 4.64. The molecule has 0 saturated carbocycles. The maximum atomic E-state index is 10.6. The minimum Gasteiger partial charge on any atom is -0.385 e. The zero-order valence-corrected chi connectivity index (χ0v) is 13.0. The molecule has 0 radical (unpaired) electrons. The van der Waals surface area contributed by atoms with Crippen LogP contribution < -0.4 is 0 Å². The molecule has 1 aliphatic carbocycles. The van der Waals surface area contributed by atoms with Gasteiger partial charge in [-0.05, 0) is 6.08 Å². The minimum absolute atomic E-state index is 0.00416. The molecule has 0 spiro atoms. The summed E-state index contributed by atoms with van der Waals surface area (Å²) in [5, 5.41) is 20.4. The van der Waals surface area contributed by atoms with Crippen molar-refractivity contribution in [2.24, 2.45) is 0 Å². The maximum absolute atomic E-state index is 10.6. The van der Waals surface area contributed by atoms with Gasteiger partial charge in [-0.3, -0.25) is 0 Å². The van der Waals surface area contributed by atoms with Crippen molar-refractivity contribution in [2.45, 2.75) is 11.7 Å². The lowest BCUT2D eigenvalue weighted by molar-refractivity contribution is -0.0192. The Morgan fingerprint density at radius 2 is 1.32 bits per heavy atom. The molecule has 1 aromatic rings. The monoisotopic (exact) mass is 358 g/mol. The third-order valence-corrected chi connectivity index (χ3v) is 5.09. The minimum atomic E-state index is -1.82. The summed E-state index contributed by atoms with van der Waals surface area (Å²) < 4.78 is 0. The van der Waals surface area contributed by atoms with Gasteiger partial charge in [0.1, 0.15) is 11.7 Å². The standard InChI is InChI=1S/C12H7Cl5O2/c13-7-6(8(14)10(16)11(17)9(7)15)12(19)4-2-1-3-5(12)18/h1-5,18-19H. The third-order valence-electron chi connectivity index (χ3n) is 2.82. The summed E-state index contributed by atoms with van der Waals surface area (Å²) in [7, 11) is 0.